The molecule has 0 amide bonds. The number of piperazine rings is 1. The van der Waals surface area contributed by atoms with Crippen LogP contribution in [0.4, 0.5) is 4.39 Å². The fraction of sp³-hybridized carbons (Fsp3) is 0.333. The third-order valence-electron chi connectivity index (χ3n) is 5.20. The van der Waals surface area contributed by atoms with Crippen molar-refractivity contribution in [1.82, 2.24) is 14.8 Å². The van der Waals surface area contributed by atoms with Gasteiger partial charge in [0.2, 0.25) is 0 Å². The number of benzene rings is 2. The molecule has 1 aromatic heterocycles. The lowest BCUT2D eigenvalue weighted by Gasteiger charge is -2.35. The molecule has 1 fully saturated rings. The van der Waals surface area contributed by atoms with Crippen molar-refractivity contribution in [3.63, 3.8) is 0 Å². The van der Waals surface area contributed by atoms with Gasteiger partial charge in [-0.1, -0.05) is 0 Å². The van der Waals surface area contributed by atoms with E-state index < -0.39 is 0 Å². The van der Waals surface area contributed by atoms with Gasteiger partial charge in [0.15, 0.2) is 5.78 Å². The fourth-order valence-corrected chi connectivity index (χ4v) is 3.61. The van der Waals surface area contributed by atoms with Gasteiger partial charge in [0, 0.05) is 49.6 Å². The van der Waals surface area contributed by atoms with Crippen LogP contribution < -0.4 is 5.01 Å². The fourth-order valence-electron chi connectivity index (χ4n) is 3.61. The number of aromatic nitrogens is 2. The second kappa shape index (κ2) is 9.24. The predicted octanol–water partition coefficient (Wildman–Crippen LogP) is 3.22. The highest BCUT2D eigenvalue weighted by atomic mass is 35.5. The van der Waals surface area contributed by atoms with E-state index in [1.165, 1.54) is 12.1 Å². The zero-order valence-electron chi connectivity index (χ0n) is 16.0. The SMILES string of the molecule is Cl.O=C(CCCN1CCN(n2ncc3ccc(O)cc32)CC1)c1ccc(F)cc1. The molecule has 2 heterocycles. The molecular weight excluding hydrogens is 395 g/mol. The molecule has 0 unspecified atom stereocenters. The molecule has 0 atom stereocenters. The average molecular weight is 419 g/mol. The molecule has 4 rings (SSSR count). The summed E-state index contributed by atoms with van der Waals surface area (Å²) in [5.41, 5.74) is 1.47. The first kappa shape index (κ1) is 21.1. The topological polar surface area (TPSA) is 61.6 Å². The first-order chi connectivity index (χ1) is 13.6. The summed E-state index contributed by atoms with van der Waals surface area (Å²) in [7, 11) is 0. The number of phenolic OH excluding ortho intramolecular Hbond substituents is 1. The Labute approximate surface area is 174 Å². The number of nitrogens with zero attached hydrogens (tertiary/aromatic N) is 4. The summed E-state index contributed by atoms with van der Waals surface area (Å²) in [6, 6.07) is 11.0. The summed E-state index contributed by atoms with van der Waals surface area (Å²) in [5, 5.41) is 17.4. The van der Waals surface area contributed by atoms with Crippen LogP contribution in [0.15, 0.2) is 48.7 Å². The second-order valence-electron chi connectivity index (χ2n) is 7.11. The Morgan fingerprint density at radius 3 is 2.52 bits per heavy atom. The molecule has 6 nitrogen and oxygen atoms in total. The highest BCUT2D eigenvalue weighted by Gasteiger charge is 2.19. The summed E-state index contributed by atoms with van der Waals surface area (Å²) >= 11 is 0. The largest absolute Gasteiger partial charge is 0.508 e. The molecule has 3 aromatic rings. The van der Waals surface area contributed by atoms with Gasteiger partial charge in [-0.25, -0.2) is 4.39 Å². The zero-order chi connectivity index (χ0) is 19.5. The highest BCUT2D eigenvalue weighted by Crippen LogP contribution is 2.20. The first-order valence-corrected chi connectivity index (χ1v) is 9.53. The van der Waals surface area contributed by atoms with Gasteiger partial charge in [-0.2, -0.15) is 9.89 Å². The van der Waals surface area contributed by atoms with Crippen LogP contribution in [-0.2, 0) is 0 Å². The minimum absolute atomic E-state index is 0. The molecule has 0 radical (unpaired) electrons. The number of carbonyl (C=O) groups excluding carboxylic acids is 1. The van der Waals surface area contributed by atoms with E-state index in [-0.39, 0.29) is 29.8 Å². The minimum atomic E-state index is -0.324. The lowest BCUT2D eigenvalue weighted by Crippen LogP contribution is -2.51. The van der Waals surface area contributed by atoms with Gasteiger partial charge in [-0.05, 0) is 49.4 Å². The van der Waals surface area contributed by atoms with Crippen LogP contribution in [0.2, 0.25) is 0 Å². The van der Waals surface area contributed by atoms with Crippen LogP contribution in [0.25, 0.3) is 10.9 Å². The summed E-state index contributed by atoms with van der Waals surface area (Å²) in [6.07, 6.45) is 3.06. The third-order valence-corrected chi connectivity index (χ3v) is 5.20. The summed E-state index contributed by atoms with van der Waals surface area (Å²) < 4.78 is 12.9. The number of rotatable bonds is 6. The van der Waals surface area contributed by atoms with Crippen molar-refractivity contribution in [1.29, 1.82) is 0 Å². The van der Waals surface area contributed by atoms with E-state index >= 15 is 0 Å². The van der Waals surface area contributed by atoms with Gasteiger partial charge in [0.25, 0.3) is 0 Å². The number of fused-ring (bicyclic) bond motifs is 1. The van der Waals surface area contributed by atoms with Crippen molar-refractivity contribution in [2.24, 2.45) is 0 Å². The number of ketones is 1. The van der Waals surface area contributed by atoms with Crippen LogP contribution in [0.1, 0.15) is 23.2 Å². The van der Waals surface area contributed by atoms with Crippen molar-refractivity contribution < 1.29 is 14.3 Å². The lowest BCUT2D eigenvalue weighted by atomic mass is 10.1. The Morgan fingerprint density at radius 1 is 1.07 bits per heavy atom. The normalized spacial score (nSPS) is 14.7. The van der Waals surface area contributed by atoms with Gasteiger partial charge >= 0.3 is 0 Å². The maximum Gasteiger partial charge on any atom is 0.162 e. The van der Waals surface area contributed by atoms with Crippen molar-refractivity contribution in [2.75, 3.05) is 37.7 Å². The molecule has 0 saturated carbocycles. The molecule has 0 aliphatic carbocycles. The molecule has 1 saturated heterocycles. The van der Waals surface area contributed by atoms with Crippen LogP contribution in [0.5, 0.6) is 5.75 Å². The number of aromatic hydroxyl groups is 1. The van der Waals surface area contributed by atoms with Crippen LogP contribution >= 0.6 is 12.4 Å². The lowest BCUT2D eigenvalue weighted by molar-refractivity contribution is 0.0973. The molecular formula is C21H24ClFN4O2. The summed E-state index contributed by atoms with van der Waals surface area (Å²) in [6.45, 7) is 4.31. The number of hydrogen-bond acceptors (Lipinski definition) is 5. The Bertz CT molecular complexity index is 968. The van der Waals surface area contributed by atoms with Crippen molar-refractivity contribution in [3.05, 3.63) is 60.0 Å². The van der Waals surface area contributed by atoms with Crippen LogP contribution in [-0.4, -0.2) is 58.4 Å². The average Bonchev–Trinajstić information content (AvgIpc) is 3.12. The molecule has 1 aliphatic heterocycles. The van der Waals surface area contributed by atoms with Gasteiger partial charge in [0.1, 0.15) is 11.6 Å². The van der Waals surface area contributed by atoms with E-state index in [2.05, 4.69) is 15.0 Å². The van der Waals surface area contributed by atoms with Gasteiger partial charge < -0.3 is 5.11 Å². The Balaban J connectivity index is 0.00000240. The van der Waals surface area contributed by atoms with E-state index in [1.807, 2.05) is 17.1 Å². The molecule has 154 valence electrons. The molecule has 2 aromatic carbocycles. The molecule has 0 spiro atoms. The van der Waals surface area contributed by atoms with Crippen molar-refractivity contribution in [2.45, 2.75) is 12.8 Å². The van der Waals surface area contributed by atoms with E-state index in [0.717, 1.165) is 50.0 Å². The summed E-state index contributed by atoms with van der Waals surface area (Å²) in [4.78, 5) is 16.4. The monoisotopic (exact) mass is 418 g/mol. The minimum Gasteiger partial charge on any atom is -0.508 e. The molecule has 29 heavy (non-hydrogen) atoms. The van der Waals surface area contributed by atoms with Crippen molar-refractivity contribution >= 4 is 29.1 Å². The maximum absolute atomic E-state index is 12.9. The molecule has 0 bridgehead atoms. The Morgan fingerprint density at radius 2 is 1.79 bits per heavy atom. The van der Waals surface area contributed by atoms with E-state index in [1.54, 1.807) is 24.3 Å². The standard InChI is InChI=1S/C21H23FN4O2.ClH/c22-18-6-3-16(4-7-18)21(28)2-1-9-24-10-12-25(13-11-24)26-20-14-19(27)8-5-17(20)15-23-26;/h3-8,14-15,27H,1-2,9-13H2;1H. The van der Waals surface area contributed by atoms with E-state index in [0.29, 0.717) is 12.0 Å². The summed E-state index contributed by atoms with van der Waals surface area (Å²) in [5.74, 6) is -0.0326. The number of carbonyl (C=O) groups is 1. The third kappa shape index (κ3) is 4.86. The number of hydrogen-bond donors (Lipinski definition) is 1. The van der Waals surface area contributed by atoms with Crippen LogP contribution in [0.3, 0.4) is 0 Å². The van der Waals surface area contributed by atoms with E-state index in [9.17, 15) is 14.3 Å². The first-order valence-electron chi connectivity index (χ1n) is 9.53. The molecule has 1 aliphatic rings. The van der Waals surface area contributed by atoms with Crippen LogP contribution in [0, 0.1) is 5.82 Å². The van der Waals surface area contributed by atoms with E-state index in [4.69, 9.17) is 0 Å². The molecule has 1 N–H and O–H groups in total. The molecule has 8 heteroatoms. The number of Topliss-reactive ketones (excluding diaryl/α,β-unsaturated/α-hetero) is 1. The smallest absolute Gasteiger partial charge is 0.162 e. The Hall–Kier alpha value is -2.64. The maximum atomic E-state index is 12.9. The number of halogens is 2. The van der Waals surface area contributed by atoms with Gasteiger partial charge in [-0.15, -0.1) is 12.4 Å². The predicted molar refractivity (Wildman–Crippen MR) is 113 cm³/mol. The van der Waals surface area contributed by atoms with Gasteiger partial charge in [0.05, 0.1) is 11.7 Å². The number of phenols is 1. The zero-order valence-corrected chi connectivity index (χ0v) is 16.8. The second-order valence-corrected chi connectivity index (χ2v) is 7.11. The highest BCUT2D eigenvalue weighted by molar-refractivity contribution is 5.95. The van der Waals surface area contributed by atoms with Gasteiger partial charge in [-0.3, -0.25) is 14.7 Å². The van der Waals surface area contributed by atoms with Crippen molar-refractivity contribution in [3.8, 4) is 5.75 Å². The Kier molecular flexibility index (Phi) is 6.71. The quantitative estimate of drug-likeness (QED) is 0.623.